The molecule has 10 amide bonds. The number of likely N-dealkylation sites (N-methyl/N-ethyl adjacent to an activating group) is 2. The Bertz CT molecular complexity index is 3290. The first-order valence-electron chi connectivity index (χ1n) is 33.7. The summed E-state index contributed by atoms with van der Waals surface area (Å²) in [6.45, 7) is 16.4. The average Bonchev–Trinajstić information content (AvgIpc) is 1.38. The predicted molar refractivity (Wildman–Crippen MR) is 368 cm³/mol. The summed E-state index contributed by atoms with van der Waals surface area (Å²) in [5.41, 5.74) is -0.858. The van der Waals surface area contributed by atoms with Crippen molar-refractivity contribution in [1.29, 1.82) is 0 Å². The molecule has 35 heteroatoms. The molecule has 0 aliphatic carbocycles. The third-order valence-corrected chi connectivity index (χ3v) is 17.9. The normalized spacial score (nSPS) is 19.3. The van der Waals surface area contributed by atoms with Crippen LogP contribution in [0.1, 0.15) is 161 Å². The molecule has 34 nitrogen and oxygen atoms in total. The van der Waals surface area contributed by atoms with Gasteiger partial charge in [0, 0.05) is 70.2 Å². The Kier molecular flexibility index (Phi) is 36.0. The number of carboxylic acids is 3. The van der Waals surface area contributed by atoms with Crippen LogP contribution < -0.4 is 52.6 Å². The van der Waals surface area contributed by atoms with Crippen LogP contribution in [0.2, 0.25) is 0 Å². The number of thiazole rings is 1. The summed E-state index contributed by atoms with van der Waals surface area (Å²) < 4.78 is 22.6. The van der Waals surface area contributed by atoms with Gasteiger partial charge in [-0.1, -0.05) is 61.0 Å². The highest BCUT2D eigenvalue weighted by molar-refractivity contribution is 7.09. The first kappa shape index (κ1) is 87.0. The zero-order chi connectivity index (χ0) is 76.9. The standard InChI is InChI=1S/C67H102N12O22S/c1-15-37(6)55(77-66(97)67(10,11)78(12)13)64(94)79(14)45(35(2)3)33-47(100-40(9)80)63-73-44(34-102-63)59(90)71-42(30-38(7)65(95)96)31-41-16-17-46-43(32-41)72-58(89)39(8)70-62(93)54(36(4)5)74-50(83)22-26-98-28-24-68-60(91)56(75-48(81)18-20-51(84)85)57(76-49(82)19-21-52(86)87)61(92)69-25-29-99-27-23-53(88)101-46/h16-17,32,34-39,42,45,47,54-57H,15,18-31,33H2,1-14H3,(H,68,91)(H,69,92)(H,70,93)(H,71,90)(H,72,89)(H,74,83)(H,75,81)(H,76,82)(H,77,97)(H,84,85)(H,86,87)(H,95,96)/t37-,38?,39?,42+,45+,47+,54?,55-,56?,57?/m0/s1. The number of hydrogen-bond donors (Lipinski definition) is 12. The van der Waals surface area contributed by atoms with Crippen molar-refractivity contribution in [3.63, 3.8) is 0 Å². The van der Waals surface area contributed by atoms with Crippen LogP contribution in [0.5, 0.6) is 5.75 Å². The van der Waals surface area contributed by atoms with E-state index in [9.17, 15) is 87.2 Å². The molecule has 0 radical (unpaired) electrons. The molecule has 0 bridgehead atoms. The molecule has 10 atom stereocenters. The molecule has 2 aromatic rings. The predicted octanol–water partition coefficient (Wildman–Crippen LogP) is 1.19. The maximum atomic E-state index is 14.5. The minimum atomic E-state index is -1.94. The molecule has 0 saturated carbocycles. The molecule has 1 aromatic carbocycles. The van der Waals surface area contributed by atoms with Crippen molar-refractivity contribution >= 4 is 106 Å². The number of carbonyl (C=O) groups excluding carboxylic acids is 12. The Morgan fingerprint density at radius 2 is 1.31 bits per heavy atom. The highest BCUT2D eigenvalue weighted by atomic mass is 32.1. The number of fused-ring (bicyclic) bond motifs is 1. The van der Waals surface area contributed by atoms with Gasteiger partial charge in [0.15, 0.2) is 11.9 Å². The summed E-state index contributed by atoms with van der Waals surface area (Å²) in [7, 11) is 5.13. The number of benzene rings is 1. The second-order valence-corrected chi connectivity index (χ2v) is 27.2. The van der Waals surface area contributed by atoms with Crippen molar-refractivity contribution < 1.29 is 106 Å². The van der Waals surface area contributed by atoms with Crippen LogP contribution in [-0.2, 0) is 87.8 Å². The molecule has 2 heterocycles. The van der Waals surface area contributed by atoms with Gasteiger partial charge in [-0.15, -0.1) is 11.3 Å². The number of aliphatic carboxylic acids is 3. The number of anilines is 1. The van der Waals surface area contributed by atoms with Crippen LogP contribution >= 0.6 is 11.3 Å². The van der Waals surface area contributed by atoms with Crippen LogP contribution in [0.3, 0.4) is 0 Å². The van der Waals surface area contributed by atoms with Gasteiger partial charge in [0.2, 0.25) is 53.2 Å². The maximum absolute atomic E-state index is 14.5. The number of carboxylic acid groups (broad SMARTS) is 3. The Balaban J connectivity index is 2.03. The first-order valence-corrected chi connectivity index (χ1v) is 34.5. The highest BCUT2D eigenvalue weighted by Crippen LogP contribution is 2.32. The van der Waals surface area contributed by atoms with Crippen molar-refractivity contribution in [1.82, 2.24) is 57.3 Å². The second kappa shape index (κ2) is 42.3. The fraction of sp³-hybridized carbons (Fsp3) is 0.642. The topological polar surface area (TPSA) is 481 Å². The van der Waals surface area contributed by atoms with Gasteiger partial charge in [0.25, 0.3) is 5.91 Å². The van der Waals surface area contributed by atoms with E-state index >= 15 is 0 Å². The quantitative estimate of drug-likeness (QED) is 0.0420. The number of esters is 2. The van der Waals surface area contributed by atoms with Crippen molar-refractivity contribution in [2.45, 2.75) is 194 Å². The largest absolute Gasteiger partial charge is 0.481 e. The van der Waals surface area contributed by atoms with E-state index in [2.05, 4.69) is 52.8 Å². The number of nitrogens with one attached hydrogen (secondary N) is 9. The third-order valence-electron chi connectivity index (χ3n) is 16.9. The summed E-state index contributed by atoms with van der Waals surface area (Å²) in [5, 5.41) is 53.2. The van der Waals surface area contributed by atoms with Gasteiger partial charge < -0.3 is 87.0 Å². The molecule has 1 aliphatic rings. The van der Waals surface area contributed by atoms with Crippen LogP contribution in [-0.4, -0.2) is 228 Å². The molecular weight excluding hydrogens is 1360 g/mol. The lowest BCUT2D eigenvalue weighted by atomic mass is 9.92. The molecule has 5 unspecified atom stereocenters. The Morgan fingerprint density at radius 3 is 1.82 bits per heavy atom. The SMILES string of the molecule is CC[C@H](C)[C@H](NC(=O)C(C)(C)N(C)C)C(=O)N(C)[C@H](C[C@@H](OC(C)=O)c1nc(C(=O)N[C@@H](Cc2ccc3c(c2)NC(=O)C(C)NC(=O)C(C(C)C)NC(=O)CCOCCNC(=O)C(NC(=O)CCC(=O)O)C(NC(=O)CCC(=O)O)C(=O)NCCOCCC(=O)O3)CC(C)C(=O)O)cs1)C(C)C. The smallest absolute Gasteiger partial charge is 0.313 e. The minimum absolute atomic E-state index is 0.0391. The van der Waals surface area contributed by atoms with Crippen LogP contribution in [0.15, 0.2) is 23.6 Å². The summed E-state index contributed by atoms with van der Waals surface area (Å²) in [6.07, 6.45) is -4.19. The van der Waals surface area contributed by atoms with Crippen LogP contribution in [0, 0.1) is 23.7 Å². The van der Waals surface area contributed by atoms with E-state index in [1.807, 2.05) is 27.7 Å². The molecule has 1 aromatic heterocycles. The molecule has 1 aliphatic heterocycles. The molecule has 12 N–H and O–H groups in total. The summed E-state index contributed by atoms with van der Waals surface area (Å²) in [5.74, 6) is -15.8. The Hall–Kier alpha value is -9.22. The van der Waals surface area contributed by atoms with Crippen molar-refractivity contribution in [3.8, 4) is 5.75 Å². The number of aromatic nitrogens is 1. The van der Waals surface area contributed by atoms with Gasteiger partial charge in [0.05, 0.1) is 62.8 Å². The molecule has 0 spiro atoms. The number of nitrogens with zero attached hydrogens (tertiary/aromatic N) is 3. The van der Waals surface area contributed by atoms with Crippen molar-refractivity contribution in [2.75, 3.05) is 66.0 Å². The fourth-order valence-corrected chi connectivity index (χ4v) is 11.0. The second-order valence-electron chi connectivity index (χ2n) is 26.3. The molecular formula is C67H102N12O22S. The molecule has 568 valence electrons. The summed E-state index contributed by atoms with van der Waals surface area (Å²) in [6, 6.07) is -4.66. The zero-order valence-corrected chi connectivity index (χ0v) is 61.2. The molecule has 0 fully saturated rings. The van der Waals surface area contributed by atoms with Gasteiger partial charge >= 0.3 is 29.8 Å². The van der Waals surface area contributed by atoms with Gasteiger partial charge in [-0.2, -0.15) is 0 Å². The molecule has 102 heavy (non-hydrogen) atoms. The minimum Gasteiger partial charge on any atom is -0.481 e. The van der Waals surface area contributed by atoms with Gasteiger partial charge in [-0.3, -0.25) is 76.8 Å². The lowest BCUT2D eigenvalue weighted by Gasteiger charge is -2.38. The summed E-state index contributed by atoms with van der Waals surface area (Å²) in [4.78, 5) is 206. The fourth-order valence-electron chi connectivity index (χ4n) is 10.1. The van der Waals surface area contributed by atoms with Gasteiger partial charge in [-0.05, 0) is 83.2 Å². The van der Waals surface area contributed by atoms with Crippen LogP contribution in [0.25, 0.3) is 0 Å². The van der Waals surface area contributed by atoms with E-state index in [-0.39, 0.29) is 111 Å². The van der Waals surface area contributed by atoms with Crippen LogP contribution in [0.4, 0.5) is 5.69 Å². The molecule has 0 saturated heterocycles. The lowest BCUT2D eigenvalue weighted by molar-refractivity contribution is -0.149. The van der Waals surface area contributed by atoms with E-state index in [0.717, 1.165) is 11.3 Å². The number of hydrogen-bond acceptors (Lipinski definition) is 22. The highest BCUT2D eigenvalue weighted by Gasteiger charge is 2.40. The Labute approximate surface area is 596 Å². The van der Waals surface area contributed by atoms with E-state index in [0.29, 0.717) is 12.0 Å². The maximum Gasteiger partial charge on any atom is 0.313 e. The number of rotatable bonds is 28. The number of ether oxygens (including phenoxy) is 4. The number of carbonyl (C=O) groups is 15. The van der Waals surface area contributed by atoms with E-state index in [1.165, 1.54) is 49.3 Å². The zero-order valence-electron chi connectivity index (χ0n) is 60.4. The van der Waals surface area contributed by atoms with E-state index < -0.39 is 175 Å². The number of amides is 10. The van der Waals surface area contributed by atoms with Crippen molar-refractivity contribution in [3.05, 3.63) is 39.8 Å². The van der Waals surface area contributed by atoms with E-state index in [4.69, 9.17) is 18.9 Å². The summed E-state index contributed by atoms with van der Waals surface area (Å²) >= 11 is 1.01. The molecule has 3 rings (SSSR count). The van der Waals surface area contributed by atoms with Gasteiger partial charge in [0.1, 0.15) is 40.9 Å². The third kappa shape index (κ3) is 29.0. The van der Waals surface area contributed by atoms with Gasteiger partial charge in [-0.25, -0.2) is 4.98 Å². The first-order chi connectivity index (χ1) is 47.8. The average molecular weight is 1460 g/mol. The van der Waals surface area contributed by atoms with E-state index in [1.54, 1.807) is 53.7 Å². The lowest BCUT2D eigenvalue weighted by Crippen LogP contribution is -2.64. The monoisotopic (exact) mass is 1460 g/mol. The van der Waals surface area contributed by atoms with Crippen molar-refractivity contribution in [2.24, 2.45) is 23.7 Å². The Morgan fingerprint density at radius 1 is 0.745 bits per heavy atom.